The third-order valence-corrected chi connectivity index (χ3v) is 3.43. The van der Waals surface area contributed by atoms with Crippen LogP contribution in [0, 0.1) is 6.92 Å². The predicted octanol–water partition coefficient (Wildman–Crippen LogP) is -0.397. The van der Waals surface area contributed by atoms with E-state index in [4.69, 9.17) is 15.6 Å². The molecule has 2 aromatic heterocycles. The van der Waals surface area contributed by atoms with Crippen molar-refractivity contribution in [1.29, 1.82) is 0 Å². The molecule has 1 aliphatic heterocycles. The number of aryl methyl sites for hydroxylation is 1. The van der Waals surface area contributed by atoms with Crippen molar-refractivity contribution in [3.63, 3.8) is 0 Å². The molecule has 0 amide bonds. The van der Waals surface area contributed by atoms with Gasteiger partial charge in [-0.25, -0.2) is 9.97 Å². The lowest BCUT2D eigenvalue weighted by Crippen LogP contribution is -2.39. The molecule has 0 spiro atoms. The number of hydrogen-bond donors (Lipinski definition) is 3. The number of hydrogen-bond acceptors (Lipinski definition) is 7. The number of anilines is 1. The van der Waals surface area contributed by atoms with Gasteiger partial charge in [0.2, 0.25) is 12.2 Å². The Labute approximate surface area is 117 Å². The zero-order valence-corrected chi connectivity index (χ0v) is 10.9. The molecular formula is C11H13F2N5O3. The minimum absolute atomic E-state index is 0.0791. The first-order chi connectivity index (χ1) is 9.86. The third kappa shape index (κ3) is 1.94. The van der Waals surface area contributed by atoms with Gasteiger partial charge in [0.25, 0.3) is 0 Å². The van der Waals surface area contributed by atoms with Gasteiger partial charge in [0, 0.05) is 0 Å². The Morgan fingerprint density at radius 2 is 2.19 bits per heavy atom. The van der Waals surface area contributed by atoms with Crippen LogP contribution in [0.2, 0.25) is 0 Å². The van der Waals surface area contributed by atoms with Gasteiger partial charge in [0.15, 0.2) is 11.8 Å². The fraction of sp³-hybridized carbons (Fsp3) is 0.545. The van der Waals surface area contributed by atoms with Crippen molar-refractivity contribution in [3.05, 3.63) is 12.0 Å². The van der Waals surface area contributed by atoms with E-state index in [0.717, 1.165) is 10.9 Å². The van der Waals surface area contributed by atoms with Crippen molar-refractivity contribution in [2.24, 2.45) is 0 Å². The van der Waals surface area contributed by atoms with Crippen LogP contribution in [0.25, 0.3) is 11.2 Å². The number of halogens is 2. The van der Waals surface area contributed by atoms with E-state index in [-0.39, 0.29) is 11.6 Å². The van der Waals surface area contributed by atoms with Gasteiger partial charge in [0.05, 0.1) is 18.6 Å². The van der Waals surface area contributed by atoms with Crippen molar-refractivity contribution in [1.82, 2.24) is 19.5 Å². The zero-order chi connectivity index (χ0) is 15.4. The Kier molecular flexibility index (Phi) is 3.04. The van der Waals surface area contributed by atoms with E-state index in [0.29, 0.717) is 11.2 Å². The first kappa shape index (κ1) is 14.0. The number of aliphatic hydroxyl groups is 2. The van der Waals surface area contributed by atoms with Crippen LogP contribution in [0.1, 0.15) is 11.9 Å². The smallest absolute Gasteiger partial charge is 0.320 e. The lowest BCUT2D eigenvalue weighted by Gasteiger charge is -2.20. The van der Waals surface area contributed by atoms with E-state index in [1.54, 1.807) is 6.92 Å². The quantitative estimate of drug-likeness (QED) is 0.690. The molecule has 3 atom stereocenters. The van der Waals surface area contributed by atoms with E-state index in [2.05, 4.69) is 15.0 Å². The van der Waals surface area contributed by atoms with Crippen molar-refractivity contribution in [3.8, 4) is 0 Å². The second kappa shape index (κ2) is 4.55. The van der Waals surface area contributed by atoms with Gasteiger partial charge in [0.1, 0.15) is 11.6 Å². The summed E-state index contributed by atoms with van der Waals surface area (Å²) in [5.41, 5.74) is 6.35. The molecule has 0 bridgehead atoms. The molecular weight excluding hydrogens is 288 g/mol. The van der Waals surface area contributed by atoms with Crippen molar-refractivity contribution < 1.29 is 23.7 Å². The number of imidazole rings is 1. The number of nitrogens with two attached hydrogens (primary N) is 1. The molecule has 0 radical (unpaired) electrons. The molecule has 10 heteroatoms. The zero-order valence-electron chi connectivity index (χ0n) is 10.9. The molecule has 1 aliphatic rings. The summed E-state index contributed by atoms with van der Waals surface area (Å²) in [5, 5.41) is 18.5. The summed E-state index contributed by atoms with van der Waals surface area (Å²) < 4.78 is 34.3. The van der Waals surface area contributed by atoms with Crippen LogP contribution in [0.5, 0.6) is 0 Å². The summed E-state index contributed by atoms with van der Waals surface area (Å²) in [4.78, 5) is 11.8. The van der Waals surface area contributed by atoms with Crippen LogP contribution in [-0.4, -0.2) is 54.5 Å². The SMILES string of the molecule is Cc1nc(N)nc2c1ncn2[C@@H]1O[C@H](CO)[C@@H](O)C1(F)F. The Balaban J connectivity index is 2.13. The minimum atomic E-state index is -3.60. The second-order valence-corrected chi connectivity index (χ2v) is 4.82. The average Bonchev–Trinajstić information content (AvgIpc) is 2.91. The van der Waals surface area contributed by atoms with E-state index < -0.39 is 31.0 Å². The first-order valence-corrected chi connectivity index (χ1v) is 6.15. The molecule has 21 heavy (non-hydrogen) atoms. The second-order valence-electron chi connectivity index (χ2n) is 4.82. The highest BCUT2D eigenvalue weighted by Gasteiger charge is 2.59. The monoisotopic (exact) mass is 301 g/mol. The van der Waals surface area contributed by atoms with E-state index in [1.807, 2.05) is 0 Å². The molecule has 0 unspecified atom stereocenters. The topological polar surface area (TPSA) is 119 Å². The van der Waals surface area contributed by atoms with Crippen molar-refractivity contribution in [2.45, 2.75) is 31.3 Å². The van der Waals surface area contributed by atoms with Gasteiger partial charge in [-0.1, -0.05) is 0 Å². The van der Waals surface area contributed by atoms with Crippen molar-refractivity contribution >= 4 is 17.1 Å². The Morgan fingerprint density at radius 1 is 1.48 bits per heavy atom. The van der Waals surface area contributed by atoms with E-state index >= 15 is 0 Å². The fourth-order valence-corrected chi connectivity index (χ4v) is 2.37. The molecule has 114 valence electrons. The summed E-state index contributed by atoms with van der Waals surface area (Å²) >= 11 is 0. The number of fused-ring (bicyclic) bond motifs is 1. The number of aliphatic hydroxyl groups excluding tert-OH is 2. The van der Waals surface area contributed by atoms with Crippen LogP contribution in [0.3, 0.4) is 0 Å². The van der Waals surface area contributed by atoms with Crippen LogP contribution in [0.4, 0.5) is 14.7 Å². The van der Waals surface area contributed by atoms with Gasteiger partial charge in [-0.3, -0.25) is 4.57 Å². The maximum atomic E-state index is 14.1. The largest absolute Gasteiger partial charge is 0.394 e. The lowest BCUT2D eigenvalue weighted by atomic mass is 10.1. The number of nitrogen functional groups attached to an aromatic ring is 1. The molecule has 1 saturated heterocycles. The summed E-state index contributed by atoms with van der Waals surface area (Å²) in [7, 11) is 0. The number of alkyl halides is 2. The first-order valence-electron chi connectivity index (χ1n) is 6.15. The number of nitrogens with zero attached hydrogens (tertiary/aromatic N) is 4. The van der Waals surface area contributed by atoms with Gasteiger partial charge in [-0.2, -0.15) is 13.8 Å². The molecule has 3 heterocycles. The molecule has 0 aliphatic carbocycles. The summed E-state index contributed by atoms with van der Waals surface area (Å²) in [6, 6.07) is 0. The van der Waals surface area contributed by atoms with Gasteiger partial charge in [-0.15, -0.1) is 0 Å². The Bertz CT molecular complexity index is 692. The normalized spacial score (nSPS) is 28.3. The maximum absolute atomic E-state index is 14.1. The van der Waals surface area contributed by atoms with Crippen LogP contribution in [-0.2, 0) is 4.74 Å². The Hall–Kier alpha value is -1.91. The van der Waals surface area contributed by atoms with E-state index in [9.17, 15) is 13.9 Å². The Morgan fingerprint density at radius 3 is 2.81 bits per heavy atom. The number of aromatic nitrogens is 4. The van der Waals surface area contributed by atoms with Crippen LogP contribution < -0.4 is 5.73 Å². The van der Waals surface area contributed by atoms with Crippen LogP contribution in [0.15, 0.2) is 6.33 Å². The average molecular weight is 301 g/mol. The van der Waals surface area contributed by atoms with E-state index in [1.165, 1.54) is 0 Å². The third-order valence-electron chi connectivity index (χ3n) is 3.43. The summed E-state index contributed by atoms with van der Waals surface area (Å²) in [6.07, 6.45) is -4.21. The van der Waals surface area contributed by atoms with Gasteiger partial charge < -0.3 is 20.7 Å². The summed E-state index contributed by atoms with van der Waals surface area (Å²) in [6.45, 7) is 0.896. The molecule has 1 fully saturated rings. The highest BCUT2D eigenvalue weighted by atomic mass is 19.3. The van der Waals surface area contributed by atoms with Gasteiger partial charge >= 0.3 is 5.92 Å². The summed E-state index contributed by atoms with van der Waals surface area (Å²) in [5.74, 6) is -3.68. The van der Waals surface area contributed by atoms with Crippen LogP contribution >= 0.6 is 0 Å². The predicted molar refractivity (Wildman–Crippen MR) is 66.4 cm³/mol. The number of rotatable bonds is 2. The molecule has 0 aromatic carbocycles. The molecule has 4 N–H and O–H groups in total. The van der Waals surface area contributed by atoms with Crippen molar-refractivity contribution in [2.75, 3.05) is 12.3 Å². The highest BCUT2D eigenvalue weighted by molar-refractivity contribution is 5.74. The standard InChI is InChI=1S/C11H13F2N5O3/c1-4-6-8(17-10(14)16-4)18(3-15-6)9-11(12,13)7(20)5(2-19)21-9/h3,5,7,9,19-20H,2H2,1H3,(H2,14,16,17)/t5-,7-,9-/m1/s1. The fourth-order valence-electron chi connectivity index (χ4n) is 2.37. The maximum Gasteiger partial charge on any atom is 0.320 e. The highest BCUT2D eigenvalue weighted by Crippen LogP contribution is 2.43. The molecule has 2 aromatic rings. The minimum Gasteiger partial charge on any atom is -0.394 e. The lowest BCUT2D eigenvalue weighted by molar-refractivity contribution is -0.138. The molecule has 0 saturated carbocycles. The molecule has 8 nitrogen and oxygen atoms in total. The molecule has 3 rings (SSSR count). The van der Waals surface area contributed by atoms with Gasteiger partial charge in [-0.05, 0) is 6.92 Å². The number of ether oxygens (including phenoxy) is 1.